The normalized spacial score (nSPS) is 10.4. The first-order valence-electron chi connectivity index (χ1n) is 4.93. The van der Waals surface area contributed by atoms with Gasteiger partial charge in [-0.1, -0.05) is 0 Å². The maximum atomic E-state index is 11.1. The number of carbonyl (C=O) groups excluding carboxylic acids is 1. The minimum Gasteiger partial charge on any atom is -0.469 e. The third-order valence-corrected chi connectivity index (χ3v) is 2.47. The second-order valence-electron chi connectivity index (χ2n) is 3.57. The minimum absolute atomic E-state index is 0.0262. The molecular formula is C11H10N2O4. The highest BCUT2D eigenvalue weighted by molar-refractivity contribution is 5.89. The Hall–Kier alpha value is -2.37. The van der Waals surface area contributed by atoms with E-state index in [0.717, 1.165) is 0 Å². The Morgan fingerprint density at radius 3 is 2.94 bits per heavy atom. The zero-order chi connectivity index (χ0) is 12.4. The van der Waals surface area contributed by atoms with E-state index >= 15 is 0 Å². The molecule has 0 aliphatic rings. The fraction of sp³-hybridized carbons (Fsp3) is 0.182. The molecular weight excluding hydrogens is 224 g/mol. The lowest BCUT2D eigenvalue weighted by molar-refractivity contribution is -0.383. The number of nitro benzene ring substituents is 1. The van der Waals surface area contributed by atoms with Crippen LogP contribution in [0.25, 0.3) is 10.9 Å². The summed E-state index contributed by atoms with van der Waals surface area (Å²) >= 11 is 0. The highest BCUT2D eigenvalue weighted by Gasteiger charge is 2.16. The first-order chi connectivity index (χ1) is 8.11. The Bertz CT molecular complexity index is 588. The predicted molar refractivity (Wildman–Crippen MR) is 60.7 cm³/mol. The lowest BCUT2D eigenvalue weighted by Gasteiger charge is -2.01. The summed E-state index contributed by atoms with van der Waals surface area (Å²) < 4.78 is 4.53. The van der Waals surface area contributed by atoms with E-state index in [9.17, 15) is 14.9 Å². The van der Waals surface area contributed by atoms with Gasteiger partial charge in [0.05, 0.1) is 18.5 Å². The monoisotopic (exact) mass is 234 g/mol. The van der Waals surface area contributed by atoms with Crippen LogP contribution in [-0.4, -0.2) is 23.0 Å². The molecule has 2 aromatic rings. The molecule has 2 rings (SSSR count). The van der Waals surface area contributed by atoms with Gasteiger partial charge in [0.1, 0.15) is 5.52 Å². The molecule has 6 nitrogen and oxygen atoms in total. The second-order valence-corrected chi connectivity index (χ2v) is 3.57. The number of aromatic amines is 1. The predicted octanol–water partition coefficient (Wildman–Crippen LogP) is 1.79. The van der Waals surface area contributed by atoms with Crippen molar-refractivity contribution in [2.24, 2.45) is 0 Å². The average Bonchev–Trinajstić information content (AvgIpc) is 2.75. The molecule has 0 aliphatic carbocycles. The molecule has 0 bridgehead atoms. The van der Waals surface area contributed by atoms with Gasteiger partial charge in [-0.25, -0.2) is 0 Å². The van der Waals surface area contributed by atoms with E-state index in [1.165, 1.54) is 13.2 Å². The van der Waals surface area contributed by atoms with Crippen molar-refractivity contribution in [3.8, 4) is 0 Å². The summed E-state index contributed by atoms with van der Waals surface area (Å²) in [6.45, 7) is 0. The molecule has 6 heteroatoms. The van der Waals surface area contributed by atoms with Crippen LogP contribution in [0.5, 0.6) is 0 Å². The number of benzene rings is 1. The quantitative estimate of drug-likeness (QED) is 0.498. The number of methoxy groups -OCH3 is 1. The molecule has 0 spiro atoms. The average molecular weight is 234 g/mol. The third-order valence-electron chi connectivity index (χ3n) is 2.47. The summed E-state index contributed by atoms with van der Waals surface area (Å²) in [7, 11) is 1.28. The van der Waals surface area contributed by atoms with Crippen LogP contribution in [-0.2, 0) is 16.0 Å². The van der Waals surface area contributed by atoms with Crippen molar-refractivity contribution in [1.82, 2.24) is 4.98 Å². The zero-order valence-electron chi connectivity index (χ0n) is 9.10. The number of H-pyrrole nitrogens is 1. The number of hydrogen-bond acceptors (Lipinski definition) is 4. The minimum atomic E-state index is -0.473. The number of nitrogens with one attached hydrogen (secondary N) is 1. The number of esters is 1. The van der Waals surface area contributed by atoms with E-state index in [2.05, 4.69) is 9.72 Å². The summed E-state index contributed by atoms with van der Waals surface area (Å²) in [5.41, 5.74) is 0.991. The van der Waals surface area contributed by atoms with Crippen LogP contribution in [0, 0.1) is 10.1 Å². The number of nitrogens with zero attached hydrogens (tertiary/aromatic N) is 1. The third kappa shape index (κ3) is 2.10. The Morgan fingerprint density at radius 1 is 1.53 bits per heavy atom. The molecule has 0 aliphatic heterocycles. The van der Waals surface area contributed by atoms with Crippen LogP contribution in [0.3, 0.4) is 0 Å². The molecule has 0 radical (unpaired) electrons. The Morgan fingerprint density at radius 2 is 2.29 bits per heavy atom. The molecule has 1 N–H and O–H groups in total. The smallest absolute Gasteiger partial charge is 0.309 e. The molecule has 0 unspecified atom stereocenters. The van der Waals surface area contributed by atoms with Gasteiger partial charge < -0.3 is 9.72 Å². The van der Waals surface area contributed by atoms with E-state index in [1.807, 2.05) is 0 Å². The first-order valence-corrected chi connectivity index (χ1v) is 4.93. The summed E-state index contributed by atoms with van der Waals surface area (Å²) in [6, 6.07) is 4.84. The molecule has 0 saturated carbocycles. The molecule has 0 saturated heterocycles. The number of aromatic nitrogens is 1. The summed E-state index contributed by atoms with van der Waals surface area (Å²) in [5.74, 6) is -0.422. The Kier molecular flexibility index (Phi) is 2.78. The SMILES string of the molecule is COC(=O)Cc1cc([N+](=O)[O-])c2[nH]ccc2c1. The van der Waals surface area contributed by atoms with Crippen LogP contribution in [0.15, 0.2) is 24.4 Å². The Labute approximate surface area is 96.3 Å². The van der Waals surface area contributed by atoms with Crippen molar-refractivity contribution < 1.29 is 14.5 Å². The van der Waals surface area contributed by atoms with Gasteiger partial charge in [-0.15, -0.1) is 0 Å². The van der Waals surface area contributed by atoms with Crippen LogP contribution in [0.1, 0.15) is 5.56 Å². The molecule has 88 valence electrons. The molecule has 1 aromatic carbocycles. The fourth-order valence-corrected chi connectivity index (χ4v) is 1.70. The van der Waals surface area contributed by atoms with E-state index in [0.29, 0.717) is 16.5 Å². The molecule has 0 fully saturated rings. The van der Waals surface area contributed by atoms with Gasteiger partial charge in [-0.3, -0.25) is 14.9 Å². The van der Waals surface area contributed by atoms with Crippen LogP contribution >= 0.6 is 0 Å². The van der Waals surface area contributed by atoms with Crippen molar-refractivity contribution >= 4 is 22.6 Å². The number of ether oxygens (including phenoxy) is 1. The van der Waals surface area contributed by atoms with Crippen molar-refractivity contribution in [2.75, 3.05) is 7.11 Å². The van der Waals surface area contributed by atoms with Gasteiger partial charge in [0.25, 0.3) is 5.69 Å². The van der Waals surface area contributed by atoms with Gasteiger partial charge in [0.15, 0.2) is 0 Å². The lowest BCUT2D eigenvalue weighted by Crippen LogP contribution is -2.04. The first kappa shape index (κ1) is 11.1. The molecule has 0 amide bonds. The van der Waals surface area contributed by atoms with Gasteiger partial charge >= 0.3 is 5.97 Å². The lowest BCUT2D eigenvalue weighted by atomic mass is 10.1. The van der Waals surface area contributed by atoms with Gasteiger partial charge in [0, 0.05) is 17.6 Å². The van der Waals surface area contributed by atoms with Gasteiger partial charge in [0.2, 0.25) is 0 Å². The van der Waals surface area contributed by atoms with E-state index < -0.39 is 10.9 Å². The molecule has 1 heterocycles. The molecule has 1 aromatic heterocycles. The highest BCUT2D eigenvalue weighted by atomic mass is 16.6. The number of rotatable bonds is 3. The van der Waals surface area contributed by atoms with Crippen molar-refractivity contribution in [2.45, 2.75) is 6.42 Å². The summed E-state index contributed by atoms with van der Waals surface area (Å²) in [4.78, 5) is 24.4. The molecule has 0 atom stereocenters. The zero-order valence-corrected chi connectivity index (χ0v) is 9.10. The molecule has 17 heavy (non-hydrogen) atoms. The topological polar surface area (TPSA) is 85.2 Å². The standard InChI is InChI=1S/C11H10N2O4/c1-17-10(14)6-7-4-8-2-3-12-11(8)9(5-7)13(15)16/h2-5,12H,6H2,1H3. The summed E-state index contributed by atoms with van der Waals surface area (Å²) in [6.07, 6.45) is 1.65. The van der Waals surface area contributed by atoms with Crippen molar-refractivity contribution in [3.05, 3.63) is 40.1 Å². The fourth-order valence-electron chi connectivity index (χ4n) is 1.70. The number of carbonyl (C=O) groups is 1. The van der Waals surface area contributed by atoms with Crippen molar-refractivity contribution in [1.29, 1.82) is 0 Å². The van der Waals surface area contributed by atoms with Crippen LogP contribution in [0.2, 0.25) is 0 Å². The Balaban J connectivity index is 2.51. The summed E-state index contributed by atoms with van der Waals surface area (Å²) in [5, 5.41) is 11.6. The number of nitro groups is 1. The van der Waals surface area contributed by atoms with E-state index in [1.54, 1.807) is 18.3 Å². The van der Waals surface area contributed by atoms with E-state index in [4.69, 9.17) is 0 Å². The number of hydrogen-bond donors (Lipinski definition) is 1. The van der Waals surface area contributed by atoms with E-state index in [-0.39, 0.29) is 12.1 Å². The maximum absolute atomic E-state index is 11.1. The number of non-ortho nitro benzene ring substituents is 1. The van der Waals surface area contributed by atoms with Crippen LogP contribution < -0.4 is 0 Å². The largest absolute Gasteiger partial charge is 0.469 e. The second kappa shape index (κ2) is 4.25. The van der Waals surface area contributed by atoms with Gasteiger partial charge in [-0.05, 0) is 17.7 Å². The number of fused-ring (bicyclic) bond motifs is 1. The van der Waals surface area contributed by atoms with Crippen molar-refractivity contribution in [3.63, 3.8) is 0 Å². The maximum Gasteiger partial charge on any atom is 0.309 e. The van der Waals surface area contributed by atoms with Gasteiger partial charge in [-0.2, -0.15) is 0 Å². The van der Waals surface area contributed by atoms with Crippen LogP contribution in [0.4, 0.5) is 5.69 Å². The highest BCUT2D eigenvalue weighted by Crippen LogP contribution is 2.26.